The van der Waals surface area contributed by atoms with Crippen molar-refractivity contribution in [2.24, 2.45) is 4.99 Å². The highest BCUT2D eigenvalue weighted by atomic mass is 35.5. The standard InChI is InChI=1S/C25H19ClN4OS/c1-15-12-18(16(2)29(15)20-10-8-19(26)9-11-20)13-21-23(27)30-22(17-6-4-3-5-7-17)14-32-25(30)28-24(21)31/h3-14,27H,1-2H3/b21-13-,27-23?. The molecule has 0 aliphatic carbocycles. The van der Waals surface area contributed by atoms with Crippen LogP contribution in [0.2, 0.25) is 5.02 Å². The topological polar surface area (TPSA) is 61.5 Å². The second kappa shape index (κ2) is 7.97. The summed E-state index contributed by atoms with van der Waals surface area (Å²) in [5.41, 5.74) is 5.97. The van der Waals surface area contributed by atoms with Crippen LogP contribution in [-0.4, -0.2) is 26.4 Å². The first-order valence-corrected chi connectivity index (χ1v) is 11.3. The van der Waals surface area contributed by atoms with Crippen molar-refractivity contribution in [2.45, 2.75) is 13.8 Å². The van der Waals surface area contributed by atoms with Crippen LogP contribution in [-0.2, 0) is 4.79 Å². The van der Waals surface area contributed by atoms with Crippen molar-refractivity contribution in [3.05, 3.63) is 99.2 Å². The van der Waals surface area contributed by atoms with Crippen LogP contribution in [0.4, 0.5) is 0 Å². The summed E-state index contributed by atoms with van der Waals surface area (Å²) in [6.07, 6.45) is 1.77. The highest BCUT2D eigenvalue weighted by molar-refractivity contribution is 8.17. The van der Waals surface area contributed by atoms with E-state index in [9.17, 15) is 4.79 Å². The Morgan fingerprint density at radius 3 is 2.50 bits per heavy atom. The molecule has 2 aliphatic heterocycles. The number of aryl methyl sites for hydroxylation is 1. The minimum absolute atomic E-state index is 0.136. The van der Waals surface area contributed by atoms with Gasteiger partial charge in [-0.25, -0.2) is 0 Å². The molecule has 2 aliphatic rings. The molecule has 0 bridgehead atoms. The number of nitrogens with one attached hydrogen (secondary N) is 1. The van der Waals surface area contributed by atoms with Crippen LogP contribution in [0.3, 0.4) is 0 Å². The van der Waals surface area contributed by atoms with Gasteiger partial charge in [-0.15, -0.1) is 0 Å². The Kier molecular flexibility index (Phi) is 5.12. The molecule has 3 aromatic rings. The van der Waals surface area contributed by atoms with Crippen LogP contribution < -0.4 is 0 Å². The summed E-state index contributed by atoms with van der Waals surface area (Å²) in [5, 5.41) is 12.0. The molecule has 0 saturated heterocycles. The van der Waals surface area contributed by atoms with Gasteiger partial charge in [0.15, 0.2) is 5.17 Å². The molecule has 0 fully saturated rings. The highest BCUT2D eigenvalue weighted by Gasteiger charge is 2.36. The second-order valence-electron chi connectivity index (χ2n) is 7.57. The maximum atomic E-state index is 12.8. The molecule has 0 atom stereocenters. The maximum Gasteiger partial charge on any atom is 0.283 e. The minimum Gasteiger partial charge on any atom is -0.318 e. The number of amidine groups is 2. The van der Waals surface area contributed by atoms with Crippen molar-refractivity contribution in [1.82, 2.24) is 9.47 Å². The van der Waals surface area contributed by atoms with Crippen molar-refractivity contribution in [3.63, 3.8) is 0 Å². The average molecular weight is 459 g/mol. The number of aromatic nitrogens is 1. The first-order valence-electron chi connectivity index (χ1n) is 10.0. The molecule has 1 aromatic heterocycles. The van der Waals surface area contributed by atoms with E-state index in [0.29, 0.717) is 10.2 Å². The first kappa shape index (κ1) is 20.5. The van der Waals surface area contributed by atoms with E-state index in [1.54, 1.807) is 11.0 Å². The van der Waals surface area contributed by atoms with Gasteiger partial charge in [0.2, 0.25) is 0 Å². The van der Waals surface area contributed by atoms with E-state index >= 15 is 0 Å². The number of nitrogens with zero attached hydrogens (tertiary/aromatic N) is 3. The predicted molar refractivity (Wildman–Crippen MR) is 132 cm³/mol. The fraction of sp³-hybridized carbons (Fsp3) is 0.0800. The van der Waals surface area contributed by atoms with Crippen LogP contribution in [0.1, 0.15) is 22.5 Å². The molecule has 0 radical (unpaired) electrons. The smallest absolute Gasteiger partial charge is 0.283 e. The zero-order valence-electron chi connectivity index (χ0n) is 17.5. The number of carbonyl (C=O) groups is 1. The molecule has 32 heavy (non-hydrogen) atoms. The lowest BCUT2D eigenvalue weighted by Crippen LogP contribution is -2.38. The van der Waals surface area contributed by atoms with Crippen molar-refractivity contribution in [3.8, 4) is 5.69 Å². The number of hydrogen-bond acceptors (Lipinski definition) is 3. The molecular weight excluding hydrogens is 440 g/mol. The third kappa shape index (κ3) is 3.42. The summed E-state index contributed by atoms with van der Waals surface area (Å²) in [4.78, 5) is 18.8. The Morgan fingerprint density at radius 1 is 1.06 bits per heavy atom. The fourth-order valence-corrected chi connectivity index (χ4v) is 5.01. The number of benzene rings is 2. The molecule has 5 nitrogen and oxygen atoms in total. The quantitative estimate of drug-likeness (QED) is 0.486. The number of aliphatic imine (C=N–C) groups is 1. The normalized spacial score (nSPS) is 17.0. The zero-order valence-corrected chi connectivity index (χ0v) is 19.0. The van der Waals surface area contributed by atoms with E-state index in [4.69, 9.17) is 17.0 Å². The molecular formula is C25H19ClN4OS. The van der Waals surface area contributed by atoms with Crippen LogP contribution in [0.5, 0.6) is 0 Å². The molecule has 158 valence electrons. The van der Waals surface area contributed by atoms with E-state index in [1.807, 2.05) is 79.9 Å². The van der Waals surface area contributed by atoms with Crippen LogP contribution in [0.15, 0.2) is 76.6 Å². The summed E-state index contributed by atoms with van der Waals surface area (Å²) < 4.78 is 2.11. The first-order chi connectivity index (χ1) is 15.4. The lowest BCUT2D eigenvalue weighted by atomic mass is 10.1. The summed E-state index contributed by atoms with van der Waals surface area (Å²) >= 11 is 7.41. The molecule has 1 N–H and O–H groups in total. The number of fused-ring (bicyclic) bond motifs is 1. The van der Waals surface area contributed by atoms with Crippen molar-refractivity contribution in [2.75, 3.05) is 0 Å². The Labute approximate surface area is 195 Å². The van der Waals surface area contributed by atoms with Gasteiger partial charge < -0.3 is 4.57 Å². The number of hydrogen-bond donors (Lipinski definition) is 1. The Morgan fingerprint density at radius 2 is 1.78 bits per heavy atom. The largest absolute Gasteiger partial charge is 0.318 e. The maximum absolute atomic E-state index is 12.8. The van der Waals surface area contributed by atoms with Gasteiger partial charge in [0.1, 0.15) is 5.84 Å². The van der Waals surface area contributed by atoms with Crippen LogP contribution in [0.25, 0.3) is 17.5 Å². The summed E-state index contributed by atoms with van der Waals surface area (Å²) in [6, 6.07) is 19.5. The van der Waals surface area contributed by atoms with E-state index < -0.39 is 5.91 Å². The molecule has 1 amide bonds. The number of amides is 1. The second-order valence-corrected chi connectivity index (χ2v) is 8.84. The van der Waals surface area contributed by atoms with Gasteiger partial charge in [0.05, 0.1) is 11.3 Å². The number of halogens is 1. The SMILES string of the molecule is Cc1cc(/C=C2/C(=N)N3C(c4ccccc4)=CSC3=NC2=O)c(C)n1-c1ccc(Cl)cc1. The molecule has 0 unspecified atom stereocenters. The molecule has 0 spiro atoms. The molecule has 3 heterocycles. The summed E-state index contributed by atoms with van der Waals surface area (Å²) in [5.74, 6) is -0.260. The summed E-state index contributed by atoms with van der Waals surface area (Å²) in [6.45, 7) is 4.02. The van der Waals surface area contributed by atoms with Crippen LogP contribution in [0, 0.1) is 19.3 Å². The van der Waals surface area contributed by atoms with Gasteiger partial charge >= 0.3 is 0 Å². The molecule has 5 rings (SSSR count). The van der Waals surface area contributed by atoms with Crippen molar-refractivity contribution < 1.29 is 4.79 Å². The monoisotopic (exact) mass is 458 g/mol. The van der Waals surface area contributed by atoms with Gasteiger partial charge in [-0.1, -0.05) is 53.7 Å². The third-order valence-electron chi connectivity index (χ3n) is 5.54. The lowest BCUT2D eigenvalue weighted by Gasteiger charge is -2.26. The van der Waals surface area contributed by atoms with Crippen molar-refractivity contribution >= 4 is 52.0 Å². The molecule has 2 aromatic carbocycles. The summed E-state index contributed by atoms with van der Waals surface area (Å²) in [7, 11) is 0. The van der Waals surface area contributed by atoms with E-state index in [2.05, 4.69) is 9.56 Å². The Balaban J connectivity index is 1.55. The molecule has 0 saturated carbocycles. The number of rotatable bonds is 3. The van der Waals surface area contributed by atoms with Crippen LogP contribution >= 0.6 is 23.4 Å². The highest BCUT2D eigenvalue weighted by Crippen LogP contribution is 2.37. The zero-order chi connectivity index (χ0) is 22.4. The van der Waals surface area contributed by atoms with Gasteiger partial charge in [0, 0.05) is 27.5 Å². The minimum atomic E-state index is -0.396. The van der Waals surface area contributed by atoms with E-state index in [0.717, 1.165) is 33.9 Å². The predicted octanol–water partition coefficient (Wildman–Crippen LogP) is 6.05. The van der Waals surface area contributed by atoms with Gasteiger partial charge in [0.25, 0.3) is 5.91 Å². The third-order valence-corrected chi connectivity index (χ3v) is 6.62. The van der Waals surface area contributed by atoms with Crippen molar-refractivity contribution in [1.29, 1.82) is 5.41 Å². The lowest BCUT2D eigenvalue weighted by molar-refractivity contribution is -0.114. The van der Waals surface area contributed by atoms with Gasteiger partial charge in [-0.2, -0.15) is 4.99 Å². The van der Waals surface area contributed by atoms with E-state index in [-0.39, 0.29) is 11.4 Å². The van der Waals surface area contributed by atoms with E-state index in [1.165, 1.54) is 11.8 Å². The van der Waals surface area contributed by atoms with Gasteiger partial charge in [-0.3, -0.25) is 15.1 Å². The number of carbonyl (C=O) groups excluding carboxylic acids is 1. The Hall–Kier alpha value is -3.35. The molecule has 7 heteroatoms. The van der Waals surface area contributed by atoms with Gasteiger partial charge in [-0.05, 0) is 61.4 Å². The number of thioether (sulfide) groups is 1. The average Bonchev–Trinajstić information content (AvgIpc) is 3.33. The fourth-order valence-electron chi connectivity index (χ4n) is 3.99. The Bertz CT molecular complexity index is 1350.